The van der Waals surface area contributed by atoms with E-state index in [1.807, 2.05) is 61.5 Å². The molecule has 0 saturated heterocycles. The average Bonchev–Trinajstić information content (AvgIpc) is 2.71. The minimum absolute atomic E-state index is 0.198. The maximum atomic E-state index is 12.7. The third kappa shape index (κ3) is 4.58. The minimum atomic E-state index is -0.312. The highest BCUT2D eigenvalue weighted by molar-refractivity contribution is 6.06. The normalized spacial score (nSPS) is 10.3. The molecule has 0 aliphatic heterocycles. The lowest BCUT2D eigenvalue weighted by Gasteiger charge is -2.17. The molecule has 2 amide bonds. The summed E-state index contributed by atoms with van der Waals surface area (Å²) in [6.07, 6.45) is 1.48. The molecular formula is C22H21N3O2. The van der Waals surface area contributed by atoms with E-state index in [0.717, 1.165) is 16.8 Å². The maximum absolute atomic E-state index is 12.7. The Morgan fingerprint density at radius 2 is 1.78 bits per heavy atom. The number of anilines is 1. The van der Waals surface area contributed by atoms with Crippen LogP contribution in [-0.4, -0.2) is 23.8 Å². The van der Waals surface area contributed by atoms with Gasteiger partial charge in [-0.1, -0.05) is 48.0 Å². The molecule has 0 bridgehead atoms. The van der Waals surface area contributed by atoms with E-state index in [-0.39, 0.29) is 17.5 Å². The Balaban J connectivity index is 1.71. The van der Waals surface area contributed by atoms with Crippen LogP contribution in [0.2, 0.25) is 0 Å². The first-order valence-electron chi connectivity index (χ1n) is 8.67. The third-order valence-electron chi connectivity index (χ3n) is 4.22. The van der Waals surface area contributed by atoms with Crippen molar-refractivity contribution in [2.24, 2.45) is 0 Å². The van der Waals surface area contributed by atoms with Gasteiger partial charge in [-0.15, -0.1) is 0 Å². The lowest BCUT2D eigenvalue weighted by molar-refractivity contribution is 0.0946. The highest BCUT2D eigenvalue weighted by Crippen LogP contribution is 2.15. The fourth-order valence-electron chi connectivity index (χ4n) is 2.75. The Labute approximate surface area is 158 Å². The number of amides is 2. The third-order valence-corrected chi connectivity index (χ3v) is 4.22. The molecule has 2 aromatic carbocycles. The first kappa shape index (κ1) is 18.3. The molecule has 1 heterocycles. The molecule has 5 nitrogen and oxygen atoms in total. The van der Waals surface area contributed by atoms with Crippen LogP contribution >= 0.6 is 0 Å². The molecule has 27 heavy (non-hydrogen) atoms. The van der Waals surface area contributed by atoms with Gasteiger partial charge in [0.1, 0.15) is 5.69 Å². The Bertz CT molecular complexity index is 955. The van der Waals surface area contributed by atoms with Crippen LogP contribution in [0, 0.1) is 6.92 Å². The SMILES string of the molecule is Cc1cccc(CNC(=O)c2cc(C(=O)N(C)c3ccccc3)ccn2)c1. The molecule has 5 heteroatoms. The number of para-hydroxylation sites is 1. The predicted molar refractivity (Wildman–Crippen MR) is 106 cm³/mol. The first-order valence-corrected chi connectivity index (χ1v) is 8.67. The van der Waals surface area contributed by atoms with E-state index in [1.54, 1.807) is 18.0 Å². The summed E-state index contributed by atoms with van der Waals surface area (Å²) >= 11 is 0. The minimum Gasteiger partial charge on any atom is -0.347 e. The number of nitrogens with zero attached hydrogens (tertiary/aromatic N) is 2. The number of aryl methyl sites for hydroxylation is 1. The van der Waals surface area contributed by atoms with Crippen molar-refractivity contribution in [2.45, 2.75) is 13.5 Å². The zero-order chi connectivity index (χ0) is 19.2. The number of hydrogen-bond donors (Lipinski definition) is 1. The van der Waals surface area contributed by atoms with Crippen LogP contribution in [-0.2, 0) is 6.54 Å². The number of pyridine rings is 1. The van der Waals surface area contributed by atoms with Crippen LogP contribution in [0.3, 0.4) is 0 Å². The van der Waals surface area contributed by atoms with E-state index in [4.69, 9.17) is 0 Å². The molecule has 136 valence electrons. The summed E-state index contributed by atoms with van der Waals surface area (Å²) in [7, 11) is 1.70. The molecule has 0 aliphatic carbocycles. The Kier molecular flexibility index (Phi) is 5.61. The second-order valence-corrected chi connectivity index (χ2v) is 6.30. The van der Waals surface area contributed by atoms with Crippen LogP contribution in [0.5, 0.6) is 0 Å². The van der Waals surface area contributed by atoms with Gasteiger partial charge in [0, 0.05) is 31.0 Å². The Morgan fingerprint density at radius 1 is 1.00 bits per heavy atom. The van der Waals surface area contributed by atoms with Gasteiger partial charge < -0.3 is 10.2 Å². The standard InChI is InChI=1S/C22H21N3O2/c1-16-7-6-8-17(13-16)15-24-21(26)20-14-18(11-12-23-20)22(27)25(2)19-9-4-3-5-10-19/h3-14H,15H2,1-2H3,(H,24,26). The average molecular weight is 359 g/mol. The number of hydrogen-bond acceptors (Lipinski definition) is 3. The monoisotopic (exact) mass is 359 g/mol. The molecule has 0 fully saturated rings. The topological polar surface area (TPSA) is 62.3 Å². The number of aromatic nitrogens is 1. The lowest BCUT2D eigenvalue weighted by Crippen LogP contribution is -2.28. The Morgan fingerprint density at radius 3 is 2.52 bits per heavy atom. The van der Waals surface area contributed by atoms with Crippen molar-refractivity contribution < 1.29 is 9.59 Å². The molecule has 0 unspecified atom stereocenters. The predicted octanol–water partition coefficient (Wildman–Crippen LogP) is 3.60. The smallest absolute Gasteiger partial charge is 0.270 e. The lowest BCUT2D eigenvalue weighted by atomic mass is 10.1. The maximum Gasteiger partial charge on any atom is 0.270 e. The number of carbonyl (C=O) groups excluding carboxylic acids is 2. The molecule has 3 aromatic rings. The van der Waals surface area contributed by atoms with Gasteiger partial charge in [0.2, 0.25) is 0 Å². The second kappa shape index (κ2) is 8.27. The van der Waals surface area contributed by atoms with Crippen molar-refractivity contribution in [3.8, 4) is 0 Å². The van der Waals surface area contributed by atoms with Gasteiger partial charge in [-0.25, -0.2) is 0 Å². The highest BCUT2D eigenvalue weighted by atomic mass is 16.2. The summed E-state index contributed by atoms with van der Waals surface area (Å²) in [5.41, 5.74) is 3.56. The fourth-order valence-corrected chi connectivity index (χ4v) is 2.75. The molecule has 0 spiro atoms. The Hall–Kier alpha value is -3.47. The van der Waals surface area contributed by atoms with Crippen molar-refractivity contribution in [1.29, 1.82) is 0 Å². The first-order chi connectivity index (χ1) is 13.0. The van der Waals surface area contributed by atoms with E-state index in [0.29, 0.717) is 12.1 Å². The summed E-state index contributed by atoms with van der Waals surface area (Å²) in [5.74, 6) is -0.509. The fraction of sp³-hybridized carbons (Fsp3) is 0.136. The summed E-state index contributed by atoms with van der Waals surface area (Å²) in [4.78, 5) is 30.8. The largest absolute Gasteiger partial charge is 0.347 e. The van der Waals surface area contributed by atoms with Crippen LogP contribution in [0.25, 0.3) is 0 Å². The van der Waals surface area contributed by atoms with Crippen LogP contribution < -0.4 is 10.2 Å². The number of carbonyl (C=O) groups is 2. The summed E-state index contributed by atoms with van der Waals surface area (Å²) in [6.45, 7) is 2.41. The number of nitrogens with one attached hydrogen (secondary N) is 1. The molecule has 1 aromatic heterocycles. The van der Waals surface area contributed by atoms with Crippen molar-refractivity contribution >= 4 is 17.5 Å². The van der Waals surface area contributed by atoms with Crippen molar-refractivity contribution in [2.75, 3.05) is 11.9 Å². The molecule has 0 aliphatic rings. The number of benzene rings is 2. The molecule has 0 atom stereocenters. The van der Waals surface area contributed by atoms with Crippen LogP contribution in [0.1, 0.15) is 32.0 Å². The van der Waals surface area contributed by atoms with Gasteiger partial charge in [0.05, 0.1) is 0 Å². The summed E-state index contributed by atoms with van der Waals surface area (Å²) in [5, 5.41) is 2.84. The van der Waals surface area contributed by atoms with E-state index in [1.165, 1.54) is 12.3 Å². The molecule has 0 saturated carbocycles. The van der Waals surface area contributed by atoms with E-state index in [2.05, 4.69) is 10.3 Å². The van der Waals surface area contributed by atoms with Crippen LogP contribution in [0.4, 0.5) is 5.69 Å². The van der Waals surface area contributed by atoms with E-state index in [9.17, 15) is 9.59 Å². The quantitative estimate of drug-likeness (QED) is 0.757. The van der Waals surface area contributed by atoms with Gasteiger partial charge in [0.25, 0.3) is 11.8 Å². The molecule has 1 N–H and O–H groups in total. The second-order valence-electron chi connectivity index (χ2n) is 6.30. The van der Waals surface area contributed by atoms with Crippen LogP contribution in [0.15, 0.2) is 72.9 Å². The summed E-state index contributed by atoms with van der Waals surface area (Å²) in [6, 6.07) is 20.4. The van der Waals surface area contributed by atoms with Gasteiger partial charge in [0.15, 0.2) is 0 Å². The summed E-state index contributed by atoms with van der Waals surface area (Å²) < 4.78 is 0. The highest BCUT2D eigenvalue weighted by Gasteiger charge is 2.16. The number of rotatable bonds is 5. The zero-order valence-corrected chi connectivity index (χ0v) is 15.3. The van der Waals surface area contributed by atoms with Gasteiger partial charge in [-0.3, -0.25) is 14.6 Å². The van der Waals surface area contributed by atoms with E-state index >= 15 is 0 Å². The van der Waals surface area contributed by atoms with Gasteiger partial charge >= 0.3 is 0 Å². The van der Waals surface area contributed by atoms with E-state index < -0.39 is 0 Å². The van der Waals surface area contributed by atoms with Gasteiger partial charge in [-0.2, -0.15) is 0 Å². The molecule has 3 rings (SSSR count). The van der Waals surface area contributed by atoms with Gasteiger partial charge in [-0.05, 0) is 36.8 Å². The molecule has 0 radical (unpaired) electrons. The van der Waals surface area contributed by atoms with Crippen molar-refractivity contribution in [3.63, 3.8) is 0 Å². The molecular weight excluding hydrogens is 338 g/mol. The van der Waals surface area contributed by atoms with Crippen molar-refractivity contribution in [3.05, 3.63) is 95.3 Å². The van der Waals surface area contributed by atoms with Crippen molar-refractivity contribution in [1.82, 2.24) is 10.3 Å². The zero-order valence-electron chi connectivity index (χ0n) is 15.3.